The molecule has 4 heteroatoms. The standard InChI is InChI=1S/C15H16N2OS/c1-3-19-15-13(9-16)12(8-14(18)17-15)11-6-4-10(2)5-7-11/h4-7,12H,3,8H2,1-2H3,(H,17,18)/t12-/m1/s1. The van der Waals surface area contributed by atoms with Crippen LogP contribution in [0.15, 0.2) is 34.9 Å². The van der Waals surface area contributed by atoms with Crippen molar-refractivity contribution in [3.05, 3.63) is 46.0 Å². The van der Waals surface area contributed by atoms with E-state index in [0.717, 1.165) is 11.3 Å². The summed E-state index contributed by atoms with van der Waals surface area (Å²) in [5, 5.41) is 12.9. The Morgan fingerprint density at radius 1 is 1.42 bits per heavy atom. The van der Waals surface area contributed by atoms with E-state index in [1.165, 1.54) is 17.3 Å². The predicted molar refractivity (Wildman–Crippen MR) is 77.5 cm³/mol. The van der Waals surface area contributed by atoms with Crippen molar-refractivity contribution in [2.24, 2.45) is 0 Å². The number of hydrogen-bond donors (Lipinski definition) is 1. The number of nitrogens with zero attached hydrogens (tertiary/aromatic N) is 1. The summed E-state index contributed by atoms with van der Waals surface area (Å²) in [5.41, 5.74) is 2.89. The third-order valence-electron chi connectivity index (χ3n) is 3.12. The van der Waals surface area contributed by atoms with Crippen molar-refractivity contribution in [1.82, 2.24) is 5.32 Å². The van der Waals surface area contributed by atoms with Gasteiger partial charge in [0.15, 0.2) is 0 Å². The highest BCUT2D eigenvalue weighted by atomic mass is 32.2. The normalized spacial score (nSPS) is 19.0. The number of aryl methyl sites for hydroxylation is 1. The van der Waals surface area contributed by atoms with Gasteiger partial charge in [-0.15, -0.1) is 11.8 Å². The fraction of sp³-hybridized carbons (Fsp3) is 0.333. The van der Waals surface area contributed by atoms with Crippen LogP contribution in [0.4, 0.5) is 0 Å². The molecular formula is C15H16N2OS. The molecule has 0 fully saturated rings. The third-order valence-corrected chi connectivity index (χ3v) is 4.02. The second kappa shape index (κ2) is 5.94. The van der Waals surface area contributed by atoms with Gasteiger partial charge in [0.25, 0.3) is 0 Å². The van der Waals surface area contributed by atoms with Crippen LogP contribution in [0.2, 0.25) is 0 Å². The zero-order valence-electron chi connectivity index (χ0n) is 11.1. The summed E-state index contributed by atoms with van der Waals surface area (Å²) >= 11 is 1.52. The first-order valence-electron chi connectivity index (χ1n) is 6.29. The number of allylic oxidation sites excluding steroid dienone is 1. The van der Waals surface area contributed by atoms with E-state index in [4.69, 9.17) is 0 Å². The van der Waals surface area contributed by atoms with Crippen LogP contribution in [0.5, 0.6) is 0 Å². The van der Waals surface area contributed by atoms with E-state index in [1.807, 2.05) is 38.1 Å². The summed E-state index contributed by atoms with van der Waals surface area (Å²) in [5.74, 6) is 0.704. The molecule has 1 atom stereocenters. The molecule has 1 aliphatic rings. The average Bonchev–Trinajstić information content (AvgIpc) is 2.39. The Morgan fingerprint density at radius 2 is 2.11 bits per heavy atom. The van der Waals surface area contributed by atoms with E-state index in [9.17, 15) is 10.1 Å². The van der Waals surface area contributed by atoms with Crippen LogP contribution in [0.25, 0.3) is 0 Å². The number of rotatable bonds is 3. The van der Waals surface area contributed by atoms with Gasteiger partial charge < -0.3 is 5.32 Å². The quantitative estimate of drug-likeness (QED) is 0.920. The summed E-state index contributed by atoms with van der Waals surface area (Å²) in [6.45, 7) is 4.03. The molecule has 1 aromatic carbocycles. The molecule has 0 spiro atoms. The molecule has 2 rings (SSSR count). The van der Waals surface area contributed by atoms with Crippen LogP contribution in [-0.2, 0) is 4.79 Å². The number of nitrogens with one attached hydrogen (secondary N) is 1. The minimum atomic E-state index is -0.117. The Kier molecular flexibility index (Phi) is 4.28. The van der Waals surface area contributed by atoms with Crippen LogP contribution in [0, 0.1) is 18.3 Å². The van der Waals surface area contributed by atoms with Crippen LogP contribution in [0.3, 0.4) is 0 Å². The van der Waals surface area contributed by atoms with Gasteiger partial charge in [-0.3, -0.25) is 4.79 Å². The Hall–Kier alpha value is -1.73. The minimum Gasteiger partial charge on any atom is -0.320 e. The maximum absolute atomic E-state index is 11.8. The highest BCUT2D eigenvalue weighted by molar-refractivity contribution is 8.03. The van der Waals surface area contributed by atoms with E-state index in [-0.39, 0.29) is 11.8 Å². The molecule has 19 heavy (non-hydrogen) atoms. The number of hydrogen-bond acceptors (Lipinski definition) is 3. The molecule has 1 aromatic rings. The van der Waals surface area contributed by atoms with E-state index in [2.05, 4.69) is 11.4 Å². The van der Waals surface area contributed by atoms with Gasteiger partial charge in [-0.1, -0.05) is 36.8 Å². The second-order valence-corrected chi connectivity index (χ2v) is 5.78. The molecule has 0 saturated carbocycles. The Bertz CT molecular complexity index is 555. The Balaban J connectivity index is 2.42. The number of benzene rings is 1. The maximum atomic E-state index is 11.8. The summed E-state index contributed by atoms with van der Waals surface area (Å²) in [6, 6.07) is 10.3. The average molecular weight is 272 g/mol. The number of carbonyl (C=O) groups excluding carboxylic acids is 1. The van der Waals surface area contributed by atoms with Gasteiger partial charge in [-0.2, -0.15) is 5.26 Å². The molecule has 3 nitrogen and oxygen atoms in total. The fourth-order valence-corrected chi connectivity index (χ4v) is 2.98. The smallest absolute Gasteiger partial charge is 0.225 e. The lowest BCUT2D eigenvalue weighted by molar-refractivity contribution is -0.120. The van der Waals surface area contributed by atoms with E-state index < -0.39 is 0 Å². The zero-order chi connectivity index (χ0) is 13.8. The van der Waals surface area contributed by atoms with Crippen molar-refractivity contribution in [3.63, 3.8) is 0 Å². The second-order valence-electron chi connectivity index (χ2n) is 4.50. The molecule has 1 heterocycles. The summed E-state index contributed by atoms with van der Waals surface area (Å²) in [6.07, 6.45) is 0.347. The van der Waals surface area contributed by atoms with Crippen molar-refractivity contribution in [2.75, 3.05) is 5.75 Å². The monoisotopic (exact) mass is 272 g/mol. The van der Waals surface area contributed by atoms with Crippen molar-refractivity contribution >= 4 is 17.7 Å². The summed E-state index contributed by atoms with van der Waals surface area (Å²) in [7, 11) is 0. The molecule has 0 radical (unpaired) electrons. The molecule has 0 aromatic heterocycles. The minimum absolute atomic E-state index is 0.0134. The van der Waals surface area contributed by atoms with Gasteiger partial charge in [-0.05, 0) is 18.2 Å². The molecule has 1 N–H and O–H groups in total. The molecule has 98 valence electrons. The van der Waals surface area contributed by atoms with Crippen LogP contribution in [0.1, 0.15) is 30.4 Å². The van der Waals surface area contributed by atoms with Gasteiger partial charge >= 0.3 is 0 Å². The van der Waals surface area contributed by atoms with E-state index in [1.54, 1.807) is 0 Å². The van der Waals surface area contributed by atoms with Crippen molar-refractivity contribution in [2.45, 2.75) is 26.2 Å². The van der Waals surface area contributed by atoms with Gasteiger partial charge in [0, 0.05) is 12.3 Å². The lowest BCUT2D eigenvalue weighted by Crippen LogP contribution is -2.30. The first-order chi connectivity index (χ1) is 9.15. The van der Waals surface area contributed by atoms with Crippen LogP contribution in [-0.4, -0.2) is 11.7 Å². The molecule has 0 aliphatic carbocycles. The van der Waals surface area contributed by atoms with Gasteiger partial charge in [-0.25, -0.2) is 0 Å². The van der Waals surface area contributed by atoms with E-state index in [0.29, 0.717) is 17.0 Å². The number of carbonyl (C=O) groups is 1. The van der Waals surface area contributed by atoms with Crippen molar-refractivity contribution in [3.8, 4) is 6.07 Å². The summed E-state index contributed by atoms with van der Waals surface area (Å²) in [4.78, 5) is 11.8. The first-order valence-corrected chi connectivity index (χ1v) is 7.27. The molecule has 0 saturated heterocycles. The Labute approximate surface area is 117 Å². The number of thioether (sulfide) groups is 1. The zero-order valence-corrected chi connectivity index (χ0v) is 11.9. The molecular weight excluding hydrogens is 256 g/mol. The molecule has 1 amide bonds. The van der Waals surface area contributed by atoms with Crippen molar-refractivity contribution in [1.29, 1.82) is 5.26 Å². The molecule has 1 aliphatic heterocycles. The van der Waals surface area contributed by atoms with Crippen LogP contribution >= 0.6 is 11.8 Å². The highest BCUT2D eigenvalue weighted by Crippen LogP contribution is 2.35. The van der Waals surface area contributed by atoms with Crippen LogP contribution < -0.4 is 5.32 Å². The lowest BCUT2D eigenvalue weighted by Gasteiger charge is -2.24. The van der Waals surface area contributed by atoms with E-state index >= 15 is 0 Å². The van der Waals surface area contributed by atoms with Crippen molar-refractivity contribution < 1.29 is 4.79 Å². The lowest BCUT2D eigenvalue weighted by atomic mass is 9.87. The number of amides is 1. The van der Waals surface area contributed by atoms with Gasteiger partial charge in [0.2, 0.25) is 5.91 Å². The van der Waals surface area contributed by atoms with Gasteiger partial charge in [0.05, 0.1) is 16.7 Å². The van der Waals surface area contributed by atoms with Gasteiger partial charge in [0.1, 0.15) is 0 Å². The number of nitriles is 1. The largest absolute Gasteiger partial charge is 0.320 e. The Morgan fingerprint density at radius 3 is 2.68 bits per heavy atom. The third kappa shape index (κ3) is 2.99. The SMILES string of the molecule is CCSC1=C(C#N)[C@@H](c2ccc(C)cc2)CC(=O)N1. The maximum Gasteiger partial charge on any atom is 0.225 e. The predicted octanol–water partition coefficient (Wildman–Crippen LogP) is 3.09. The topological polar surface area (TPSA) is 52.9 Å². The highest BCUT2D eigenvalue weighted by Gasteiger charge is 2.29. The fourth-order valence-electron chi connectivity index (χ4n) is 2.16. The molecule has 0 unspecified atom stereocenters. The first kappa shape index (κ1) is 13.7. The molecule has 0 bridgehead atoms. The summed E-state index contributed by atoms with van der Waals surface area (Å²) < 4.78 is 0.